The van der Waals surface area contributed by atoms with Crippen molar-refractivity contribution in [3.8, 4) is 0 Å². The Morgan fingerprint density at radius 1 is 1.29 bits per heavy atom. The Kier molecular flexibility index (Phi) is 4.44. The lowest BCUT2D eigenvalue weighted by atomic mass is 9.95. The van der Waals surface area contributed by atoms with Gasteiger partial charge in [0.25, 0.3) is 0 Å². The standard InChI is InChI=1S/C17H23N5O2/c23-16(11-14-12-24-10-6-18-14)21-8-4-13(5-9-21)17-20-19-15-3-1-2-7-22(15)17/h1-3,7,13-14,18H,4-6,8-12H2. The van der Waals surface area contributed by atoms with Crippen LogP contribution >= 0.6 is 0 Å². The van der Waals surface area contributed by atoms with Crippen LogP contribution in [0.2, 0.25) is 0 Å². The molecule has 128 valence electrons. The first-order valence-corrected chi connectivity index (χ1v) is 8.70. The number of ether oxygens (including phenoxy) is 1. The molecule has 1 amide bonds. The lowest BCUT2D eigenvalue weighted by Gasteiger charge is -2.33. The van der Waals surface area contributed by atoms with E-state index >= 15 is 0 Å². The number of pyridine rings is 1. The van der Waals surface area contributed by atoms with Gasteiger partial charge in [-0.2, -0.15) is 0 Å². The minimum Gasteiger partial charge on any atom is -0.378 e. The Morgan fingerprint density at radius 2 is 2.17 bits per heavy atom. The molecular weight excluding hydrogens is 306 g/mol. The van der Waals surface area contributed by atoms with Crippen molar-refractivity contribution < 1.29 is 9.53 Å². The average molecular weight is 329 g/mol. The molecule has 2 aromatic heterocycles. The van der Waals surface area contributed by atoms with Gasteiger partial charge in [0, 0.05) is 44.2 Å². The summed E-state index contributed by atoms with van der Waals surface area (Å²) in [6.45, 7) is 3.79. The minimum atomic E-state index is 0.157. The lowest BCUT2D eigenvalue weighted by molar-refractivity contribution is -0.133. The van der Waals surface area contributed by atoms with Crippen molar-refractivity contribution in [2.75, 3.05) is 32.8 Å². The van der Waals surface area contributed by atoms with Gasteiger partial charge in [0.2, 0.25) is 5.91 Å². The van der Waals surface area contributed by atoms with E-state index in [9.17, 15) is 4.79 Å². The highest BCUT2D eigenvalue weighted by atomic mass is 16.5. The lowest BCUT2D eigenvalue weighted by Crippen LogP contribution is -2.46. The average Bonchev–Trinajstić information content (AvgIpc) is 3.07. The number of hydrogen-bond acceptors (Lipinski definition) is 5. The molecule has 0 bridgehead atoms. The summed E-state index contributed by atoms with van der Waals surface area (Å²) in [4.78, 5) is 14.5. The van der Waals surface area contributed by atoms with Gasteiger partial charge in [0.05, 0.1) is 13.2 Å². The number of likely N-dealkylation sites (tertiary alicyclic amines) is 1. The van der Waals surface area contributed by atoms with Gasteiger partial charge in [-0.15, -0.1) is 10.2 Å². The molecule has 4 heterocycles. The van der Waals surface area contributed by atoms with Gasteiger partial charge in [-0.3, -0.25) is 9.20 Å². The van der Waals surface area contributed by atoms with E-state index in [4.69, 9.17) is 4.74 Å². The first kappa shape index (κ1) is 15.5. The molecule has 1 atom stereocenters. The van der Waals surface area contributed by atoms with Crippen LogP contribution in [0, 0.1) is 0 Å². The van der Waals surface area contributed by atoms with E-state index in [1.54, 1.807) is 0 Å². The zero-order valence-electron chi connectivity index (χ0n) is 13.7. The zero-order valence-corrected chi connectivity index (χ0v) is 13.7. The molecule has 7 nitrogen and oxygen atoms in total. The van der Waals surface area contributed by atoms with E-state index in [1.807, 2.05) is 29.3 Å². The Balaban J connectivity index is 1.35. The second-order valence-electron chi connectivity index (χ2n) is 6.57. The number of nitrogens with zero attached hydrogens (tertiary/aromatic N) is 4. The monoisotopic (exact) mass is 329 g/mol. The second-order valence-corrected chi connectivity index (χ2v) is 6.57. The summed E-state index contributed by atoms with van der Waals surface area (Å²) >= 11 is 0. The molecule has 4 rings (SSSR count). The summed E-state index contributed by atoms with van der Waals surface area (Å²) in [6.07, 6.45) is 4.42. The SMILES string of the molecule is O=C(CC1COCCN1)N1CCC(c2nnc3ccccn23)CC1. The predicted octanol–water partition coefficient (Wildman–Crippen LogP) is 0.814. The number of carbonyl (C=O) groups is 1. The van der Waals surface area contributed by atoms with Crippen LogP contribution < -0.4 is 5.32 Å². The van der Waals surface area contributed by atoms with Gasteiger partial charge in [-0.1, -0.05) is 6.07 Å². The third-order valence-corrected chi connectivity index (χ3v) is 4.97. The van der Waals surface area contributed by atoms with Crippen molar-refractivity contribution in [1.29, 1.82) is 0 Å². The predicted molar refractivity (Wildman–Crippen MR) is 88.8 cm³/mol. The molecule has 2 aliphatic heterocycles. The van der Waals surface area contributed by atoms with Crippen molar-refractivity contribution in [2.45, 2.75) is 31.2 Å². The highest BCUT2D eigenvalue weighted by molar-refractivity contribution is 5.77. The van der Waals surface area contributed by atoms with E-state index in [-0.39, 0.29) is 11.9 Å². The fraction of sp³-hybridized carbons (Fsp3) is 0.588. The van der Waals surface area contributed by atoms with Crippen LogP contribution in [0.5, 0.6) is 0 Å². The number of carbonyl (C=O) groups excluding carboxylic acids is 1. The molecule has 0 aromatic carbocycles. The zero-order chi connectivity index (χ0) is 16.4. The van der Waals surface area contributed by atoms with E-state index < -0.39 is 0 Å². The van der Waals surface area contributed by atoms with Gasteiger partial charge < -0.3 is 15.0 Å². The van der Waals surface area contributed by atoms with Crippen LogP contribution in [-0.4, -0.2) is 64.3 Å². The number of fused-ring (bicyclic) bond motifs is 1. The maximum absolute atomic E-state index is 12.5. The summed E-state index contributed by atoms with van der Waals surface area (Å²) in [5.74, 6) is 1.60. The number of hydrogen-bond donors (Lipinski definition) is 1. The molecule has 0 radical (unpaired) electrons. The first-order valence-electron chi connectivity index (χ1n) is 8.70. The molecule has 2 aliphatic rings. The van der Waals surface area contributed by atoms with Crippen molar-refractivity contribution in [3.05, 3.63) is 30.2 Å². The van der Waals surface area contributed by atoms with Crippen LogP contribution in [0.1, 0.15) is 31.0 Å². The maximum Gasteiger partial charge on any atom is 0.224 e. The van der Waals surface area contributed by atoms with E-state index in [1.165, 1.54) is 0 Å². The third-order valence-electron chi connectivity index (χ3n) is 4.97. The number of piperidine rings is 1. The van der Waals surface area contributed by atoms with Crippen molar-refractivity contribution in [3.63, 3.8) is 0 Å². The fourth-order valence-electron chi connectivity index (χ4n) is 3.62. The highest BCUT2D eigenvalue weighted by Crippen LogP contribution is 2.27. The van der Waals surface area contributed by atoms with Gasteiger partial charge in [-0.05, 0) is 25.0 Å². The third kappa shape index (κ3) is 3.14. The maximum atomic E-state index is 12.5. The number of rotatable bonds is 3. The summed E-state index contributed by atoms with van der Waals surface area (Å²) in [7, 11) is 0. The van der Waals surface area contributed by atoms with Gasteiger partial charge in [0.1, 0.15) is 5.82 Å². The van der Waals surface area contributed by atoms with E-state index in [2.05, 4.69) is 19.9 Å². The Morgan fingerprint density at radius 3 is 2.96 bits per heavy atom. The molecule has 0 saturated carbocycles. The molecule has 7 heteroatoms. The van der Waals surface area contributed by atoms with E-state index in [0.717, 1.165) is 50.6 Å². The van der Waals surface area contributed by atoms with Gasteiger partial charge in [0.15, 0.2) is 5.65 Å². The van der Waals surface area contributed by atoms with Crippen molar-refractivity contribution >= 4 is 11.6 Å². The minimum absolute atomic E-state index is 0.157. The Labute approximate surface area is 141 Å². The van der Waals surface area contributed by atoms with Crippen molar-refractivity contribution in [2.24, 2.45) is 0 Å². The molecule has 2 saturated heterocycles. The molecule has 0 spiro atoms. The number of aromatic nitrogens is 3. The van der Waals surface area contributed by atoms with Gasteiger partial charge >= 0.3 is 0 Å². The molecular formula is C17H23N5O2. The van der Waals surface area contributed by atoms with Crippen LogP contribution in [0.25, 0.3) is 5.65 Å². The van der Waals surface area contributed by atoms with Crippen LogP contribution in [0.3, 0.4) is 0 Å². The molecule has 1 N–H and O–H groups in total. The summed E-state index contributed by atoms with van der Waals surface area (Å²) in [5, 5.41) is 11.9. The first-order chi connectivity index (χ1) is 11.8. The van der Waals surface area contributed by atoms with Crippen molar-refractivity contribution in [1.82, 2.24) is 24.8 Å². The molecule has 2 fully saturated rings. The Bertz CT molecular complexity index is 702. The van der Waals surface area contributed by atoms with Crippen LogP contribution in [0.4, 0.5) is 0 Å². The number of nitrogens with one attached hydrogen (secondary N) is 1. The summed E-state index contributed by atoms with van der Waals surface area (Å²) in [6, 6.07) is 6.09. The summed E-state index contributed by atoms with van der Waals surface area (Å²) in [5.41, 5.74) is 0.884. The number of amides is 1. The molecule has 1 unspecified atom stereocenters. The van der Waals surface area contributed by atoms with E-state index in [0.29, 0.717) is 18.9 Å². The molecule has 0 aliphatic carbocycles. The summed E-state index contributed by atoms with van der Waals surface area (Å²) < 4.78 is 7.49. The quantitative estimate of drug-likeness (QED) is 0.902. The second kappa shape index (κ2) is 6.86. The van der Waals surface area contributed by atoms with Gasteiger partial charge in [-0.25, -0.2) is 0 Å². The molecule has 2 aromatic rings. The smallest absolute Gasteiger partial charge is 0.224 e. The van der Waals surface area contributed by atoms with Crippen LogP contribution in [-0.2, 0) is 9.53 Å². The van der Waals surface area contributed by atoms with Crippen LogP contribution in [0.15, 0.2) is 24.4 Å². The number of morpholine rings is 1. The largest absolute Gasteiger partial charge is 0.378 e. The fourth-order valence-corrected chi connectivity index (χ4v) is 3.62. The topological polar surface area (TPSA) is 71.8 Å². The normalized spacial score (nSPS) is 22.8. The highest BCUT2D eigenvalue weighted by Gasteiger charge is 2.28. The Hall–Kier alpha value is -1.99. The molecule has 24 heavy (non-hydrogen) atoms.